The van der Waals surface area contributed by atoms with Crippen LogP contribution in [-0.2, 0) is 11.2 Å². The van der Waals surface area contributed by atoms with Gasteiger partial charge in [0.2, 0.25) is 5.91 Å². The number of para-hydroxylation sites is 1. The first-order valence-electron chi connectivity index (χ1n) is 9.28. The van der Waals surface area contributed by atoms with Crippen LogP contribution in [0.1, 0.15) is 17.5 Å². The van der Waals surface area contributed by atoms with Gasteiger partial charge < -0.3 is 16.0 Å². The maximum absolute atomic E-state index is 12.4. The maximum atomic E-state index is 12.4. The van der Waals surface area contributed by atoms with Crippen molar-refractivity contribution < 1.29 is 9.59 Å². The number of aryl methyl sites for hydroxylation is 2. The van der Waals surface area contributed by atoms with Crippen LogP contribution in [0.5, 0.6) is 0 Å². The molecule has 5 nitrogen and oxygen atoms in total. The summed E-state index contributed by atoms with van der Waals surface area (Å²) in [7, 11) is 0. The Morgan fingerprint density at radius 1 is 0.828 bits per heavy atom. The summed E-state index contributed by atoms with van der Waals surface area (Å²) in [4.78, 5) is 24.5. The predicted octanol–water partition coefficient (Wildman–Crippen LogP) is 5.86. The third kappa shape index (κ3) is 6.09. The molecule has 0 saturated carbocycles. The fourth-order valence-electron chi connectivity index (χ4n) is 2.81. The topological polar surface area (TPSA) is 70.2 Å². The number of hydrogen-bond donors (Lipinski definition) is 3. The lowest BCUT2D eigenvalue weighted by atomic mass is 10.1. The fraction of sp³-hybridized carbons (Fsp3) is 0.130. The molecule has 3 aromatic rings. The highest BCUT2D eigenvalue weighted by molar-refractivity contribution is 6.31. The van der Waals surface area contributed by atoms with Crippen molar-refractivity contribution in [1.82, 2.24) is 0 Å². The average Bonchev–Trinajstić information content (AvgIpc) is 2.70. The van der Waals surface area contributed by atoms with Crippen LogP contribution in [-0.4, -0.2) is 11.9 Å². The number of hydrogen-bond acceptors (Lipinski definition) is 2. The summed E-state index contributed by atoms with van der Waals surface area (Å²) in [5.74, 6) is -0.112. The van der Waals surface area contributed by atoms with E-state index in [0.717, 1.165) is 11.1 Å². The second-order valence-electron chi connectivity index (χ2n) is 6.61. The Morgan fingerprint density at radius 2 is 1.52 bits per heavy atom. The van der Waals surface area contributed by atoms with Crippen LogP contribution in [0.4, 0.5) is 21.9 Å². The second-order valence-corrected chi connectivity index (χ2v) is 7.02. The van der Waals surface area contributed by atoms with Gasteiger partial charge in [-0.1, -0.05) is 54.1 Å². The molecule has 3 rings (SSSR count). The number of benzene rings is 3. The summed E-state index contributed by atoms with van der Waals surface area (Å²) in [6.45, 7) is 1.90. The monoisotopic (exact) mass is 407 g/mol. The molecule has 0 aliphatic carbocycles. The average molecular weight is 408 g/mol. The molecule has 0 aromatic heterocycles. The highest BCUT2D eigenvalue weighted by Gasteiger charge is 2.09. The lowest BCUT2D eigenvalue weighted by Crippen LogP contribution is -2.19. The molecular weight excluding hydrogens is 386 g/mol. The predicted molar refractivity (Wildman–Crippen MR) is 119 cm³/mol. The quantitative estimate of drug-likeness (QED) is 0.478. The maximum Gasteiger partial charge on any atom is 0.323 e. The van der Waals surface area contributed by atoms with Gasteiger partial charge in [0.25, 0.3) is 0 Å². The van der Waals surface area contributed by atoms with Gasteiger partial charge in [0.15, 0.2) is 0 Å². The molecule has 3 amide bonds. The SMILES string of the molecule is Cc1ccc(NC(=O)Nc2ccccc2)cc1NC(=O)CCc1ccccc1Cl. The van der Waals surface area contributed by atoms with Crippen molar-refractivity contribution in [2.24, 2.45) is 0 Å². The number of carbonyl (C=O) groups excluding carboxylic acids is 2. The van der Waals surface area contributed by atoms with Crippen molar-refractivity contribution in [3.8, 4) is 0 Å². The minimum Gasteiger partial charge on any atom is -0.326 e. The molecule has 0 fully saturated rings. The zero-order chi connectivity index (χ0) is 20.6. The van der Waals surface area contributed by atoms with Crippen LogP contribution in [0.25, 0.3) is 0 Å². The van der Waals surface area contributed by atoms with E-state index in [1.807, 2.05) is 55.5 Å². The lowest BCUT2D eigenvalue weighted by molar-refractivity contribution is -0.116. The third-order valence-corrected chi connectivity index (χ3v) is 4.75. The van der Waals surface area contributed by atoms with E-state index in [1.54, 1.807) is 24.3 Å². The van der Waals surface area contributed by atoms with E-state index in [1.165, 1.54) is 0 Å². The first-order chi connectivity index (χ1) is 14.0. The fourth-order valence-corrected chi connectivity index (χ4v) is 3.04. The van der Waals surface area contributed by atoms with Gasteiger partial charge in [-0.15, -0.1) is 0 Å². The van der Waals surface area contributed by atoms with Gasteiger partial charge in [-0.3, -0.25) is 4.79 Å². The number of anilines is 3. The minimum atomic E-state index is -0.351. The summed E-state index contributed by atoms with van der Waals surface area (Å²) >= 11 is 6.14. The van der Waals surface area contributed by atoms with E-state index in [2.05, 4.69) is 16.0 Å². The summed E-state index contributed by atoms with van der Waals surface area (Å²) < 4.78 is 0. The second kappa shape index (κ2) is 9.75. The van der Waals surface area contributed by atoms with Crippen molar-refractivity contribution in [2.45, 2.75) is 19.8 Å². The van der Waals surface area contributed by atoms with Gasteiger partial charge in [-0.2, -0.15) is 0 Å². The summed E-state index contributed by atoms with van der Waals surface area (Å²) in [5, 5.41) is 9.11. The van der Waals surface area contributed by atoms with Crippen LogP contribution >= 0.6 is 11.6 Å². The van der Waals surface area contributed by atoms with Gasteiger partial charge in [0, 0.05) is 28.5 Å². The van der Waals surface area contributed by atoms with Gasteiger partial charge in [-0.05, 0) is 54.8 Å². The summed E-state index contributed by atoms with van der Waals surface area (Å²) in [6.07, 6.45) is 0.872. The van der Waals surface area contributed by atoms with Crippen LogP contribution in [0.2, 0.25) is 5.02 Å². The van der Waals surface area contributed by atoms with Crippen LogP contribution < -0.4 is 16.0 Å². The van der Waals surface area contributed by atoms with E-state index >= 15 is 0 Å². The molecule has 0 aliphatic rings. The van der Waals surface area contributed by atoms with Crippen LogP contribution in [0, 0.1) is 6.92 Å². The molecule has 6 heteroatoms. The minimum absolute atomic E-state index is 0.112. The van der Waals surface area contributed by atoms with Gasteiger partial charge in [0.1, 0.15) is 0 Å². The Kier molecular flexibility index (Phi) is 6.87. The Hall–Kier alpha value is -3.31. The van der Waals surface area contributed by atoms with Crippen molar-refractivity contribution in [3.05, 3.63) is 88.9 Å². The number of halogens is 1. The molecule has 148 valence electrons. The Balaban J connectivity index is 1.59. The summed E-state index contributed by atoms with van der Waals surface area (Å²) in [5.41, 5.74) is 3.79. The Bertz CT molecular complexity index is 1010. The normalized spacial score (nSPS) is 10.3. The van der Waals surface area contributed by atoms with Crippen LogP contribution in [0.15, 0.2) is 72.8 Å². The zero-order valence-electron chi connectivity index (χ0n) is 16.0. The van der Waals surface area contributed by atoms with E-state index in [0.29, 0.717) is 34.9 Å². The molecule has 29 heavy (non-hydrogen) atoms. The smallest absolute Gasteiger partial charge is 0.323 e. The molecule has 3 aromatic carbocycles. The first-order valence-corrected chi connectivity index (χ1v) is 9.66. The van der Waals surface area contributed by atoms with Crippen molar-refractivity contribution in [2.75, 3.05) is 16.0 Å². The molecular formula is C23H22ClN3O2. The van der Waals surface area contributed by atoms with Gasteiger partial charge in [0.05, 0.1) is 0 Å². The molecule has 0 bridgehead atoms. The number of urea groups is 1. The van der Waals surface area contributed by atoms with Gasteiger partial charge >= 0.3 is 6.03 Å². The molecule has 0 unspecified atom stereocenters. The standard InChI is InChI=1S/C23H22ClN3O2/c1-16-11-13-19(26-23(29)25-18-8-3-2-4-9-18)15-21(16)27-22(28)14-12-17-7-5-6-10-20(17)24/h2-11,13,15H,12,14H2,1H3,(H,27,28)(H2,25,26,29). The zero-order valence-corrected chi connectivity index (χ0v) is 16.8. The Morgan fingerprint density at radius 3 is 2.28 bits per heavy atom. The van der Waals surface area contributed by atoms with E-state index in [4.69, 9.17) is 11.6 Å². The summed E-state index contributed by atoms with van der Waals surface area (Å²) in [6, 6.07) is 21.7. The molecule has 0 saturated heterocycles. The number of nitrogens with one attached hydrogen (secondary N) is 3. The lowest BCUT2D eigenvalue weighted by Gasteiger charge is -2.12. The van der Waals surface area contributed by atoms with Crippen molar-refractivity contribution in [1.29, 1.82) is 0 Å². The molecule has 0 spiro atoms. The first kappa shape index (κ1) is 20.4. The highest BCUT2D eigenvalue weighted by Crippen LogP contribution is 2.22. The van der Waals surface area contributed by atoms with E-state index in [-0.39, 0.29) is 11.9 Å². The van der Waals surface area contributed by atoms with E-state index < -0.39 is 0 Å². The molecule has 0 atom stereocenters. The van der Waals surface area contributed by atoms with Crippen molar-refractivity contribution >= 4 is 40.6 Å². The van der Waals surface area contributed by atoms with Crippen LogP contribution in [0.3, 0.4) is 0 Å². The number of carbonyl (C=O) groups is 2. The highest BCUT2D eigenvalue weighted by atomic mass is 35.5. The number of amides is 3. The Labute approximate surface area is 175 Å². The molecule has 0 heterocycles. The largest absolute Gasteiger partial charge is 0.326 e. The third-order valence-electron chi connectivity index (χ3n) is 4.38. The number of rotatable bonds is 6. The van der Waals surface area contributed by atoms with Crippen molar-refractivity contribution in [3.63, 3.8) is 0 Å². The van der Waals surface area contributed by atoms with Gasteiger partial charge in [-0.25, -0.2) is 4.79 Å². The van der Waals surface area contributed by atoms with E-state index in [9.17, 15) is 9.59 Å². The molecule has 0 radical (unpaired) electrons. The molecule has 3 N–H and O–H groups in total. The molecule has 0 aliphatic heterocycles.